The Morgan fingerprint density at radius 1 is 1.03 bits per heavy atom. The summed E-state index contributed by atoms with van der Waals surface area (Å²) in [5, 5.41) is 17.5. The second-order valence-electron chi connectivity index (χ2n) is 6.70. The van der Waals surface area contributed by atoms with Gasteiger partial charge in [-0.1, -0.05) is 23.9 Å². The molecular weight excluding hydrogens is 422 g/mol. The summed E-state index contributed by atoms with van der Waals surface area (Å²) >= 11 is 1.55. The number of amides is 2. The first kappa shape index (κ1) is 25.2. The van der Waals surface area contributed by atoms with Crippen LogP contribution in [0.25, 0.3) is 0 Å². The molecule has 1 unspecified atom stereocenters. The van der Waals surface area contributed by atoms with Crippen molar-refractivity contribution in [1.29, 1.82) is 0 Å². The Kier molecular flexibility index (Phi) is 11.4. The van der Waals surface area contributed by atoms with Crippen LogP contribution in [0.15, 0.2) is 34.9 Å². The van der Waals surface area contributed by atoms with Crippen molar-refractivity contribution in [2.75, 3.05) is 51.6 Å². The summed E-state index contributed by atoms with van der Waals surface area (Å²) in [6, 6.07) is 6.90. The molecule has 0 aliphatic carbocycles. The number of aliphatic hydroxyl groups excluding tert-OH is 1. The second kappa shape index (κ2) is 14.0. The quantitative estimate of drug-likeness (QED) is 0.314. The number of anilines is 1. The van der Waals surface area contributed by atoms with Crippen LogP contribution in [0, 0.1) is 0 Å². The fourth-order valence-corrected chi connectivity index (χ4v) is 3.62. The monoisotopic (exact) mass is 453 g/mol. The van der Waals surface area contributed by atoms with E-state index in [1.807, 2.05) is 13.8 Å². The van der Waals surface area contributed by atoms with Crippen LogP contribution >= 0.6 is 11.8 Å². The molecule has 1 aromatic carbocycles. The number of nitrogens with one attached hydrogen (secondary N) is 3. The van der Waals surface area contributed by atoms with Gasteiger partial charge >= 0.3 is 0 Å². The molecule has 0 saturated heterocycles. The van der Waals surface area contributed by atoms with Gasteiger partial charge in [-0.15, -0.1) is 0 Å². The summed E-state index contributed by atoms with van der Waals surface area (Å²) < 4.78 is 15.8. The third-order valence-electron chi connectivity index (χ3n) is 4.33. The van der Waals surface area contributed by atoms with Gasteiger partial charge < -0.3 is 35.3 Å². The van der Waals surface area contributed by atoms with Gasteiger partial charge in [0.15, 0.2) is 5.50 Å². The van der Waals surface area contributed by atoms with Crippen LogP contribution < -0.4 is 16.0 Å². The molecule has 1 aliphatic rings. The van der Waals surface area contributed by atoms with Gasteiger partial charge in [-0.2, -0.15) is 0 Å². The Balaban J connectivity index is 1.67. The smallest absolute Gasteiger partial charge is 0.255 e. The maximum atomic E-state index is 12.7. The van der Waals surface area contributed by atoms with Gasteiger partial charge in [0.1, 0.15) is 0 Å². The van der Waals surface area contributed by atoms with Gasteiger partial charge in [-0.3, -0.25) is 9.59 Å². The molecule has 0 spiro atoms. The van der Waals surface area contributed by atoms with E-state index in [0.29, 0.717) is 44.3 Å². The maximum Gasteiger partial charge on any atom is 0.255 e. The van der Waals surface area contributed by atoms with Gasteiger partial charge in [0.05, 0.1) is 63.9 Å². The van der Waals surface area contributed by atoms with E-state index < -0.39 is 0 Å². The van der Waals surface area contributed by atoms with Crippen molar-refractivity contribution in [2.24, 2.45) is 0 Å². The second-order valence-corrected chi connectivity index (χ2v) is 8.02. The molecule has 1 aliphatic heterocycles. The molecule has 172 valence electrons. The Bertz CT molecular complexity index is 744. The average Bonchev–Trinajstić information content (AvgIpc) is 3.06. The summed E-state index contributed by atoms with van der Waals surface area (Å²) in [4.78, 5) is 26.0. The zero-order valence-electron chi connectivity index (χ0n) is 17.9. The fraction of sp³-hybridized carbons (Fsp3) is 0.524. The van der Waals surface area contributed by atoms with Crippen LogP contribution in [0.4, 0.5) is 5.69 Å². The minimum atomic E-state index is -0.264. The number of hydrogen-bond acceptors (Lipinski definition) is 8. The zero-order valence-corrected chi connectivity index (χ0v) is 18.8. The fourth-order valence-electron chi connectivity index (χ4n) is 2.63. The molecule has 4 N–H and O–H groups in total. The Labute approximate surface area is 186 Å². The lowest BCUT2D eigenvalue weighted by molar-refractivity contribution is -0.117. The number of benzene rings is 1. The van der Waals surface area contributed by atoms with Gasteiger partial charge in [0, 0.05) is 10.6 Å². The number of carbonyl (C=O) groups is 2. The van der Waals surface area contributed by atoms with Crippen LogP contribution in [-0.2, 0) is 19.0 Å². The van der Waals surface area contributed by atoms with Crippen molar-refractivity contribution in [1.82, 2.24) is 10.6 Å². The number of allylic oxidation sites excluding steroid dienone is 2. The van der Waals surface area contributed by atoms with E-state index in [2.05, 4.69) is 16.0 Å². The molecule has 0 fully saturated rings. The molecule has 9 nitrogen and oxygen atoms in total. The molecule has 2 rings (SSSR count). The highest BCUT2D eigenvalue weighted by Gasteiger charge is 2.22. The van der Waals surface area contributed by atoms with Crippen molar-refractivity contribution in [2.45, 2.75) is 25.8 Å². The lowest BCUT2D eigenvalue weighted by atomic mass is 10.1. The maximum absolute atomic E-state index is 12.7. The highest BCUT2D eigenvalue weighted by molar-refractivity contribution is 8.03. The van der Waals surface area contributed by atoms with E-state index in [1.165, 1.54) is 0 Å². The van der Waals surface area contributed by atoms with Crippen LogP contribution in [0.1, 0.15) is 30.6 Å². The largest absolute Gasteiger partial charge is 0.394 e. The van der Waals surface area contributed by atoms with Crippen molar-refractivity contribution in [3.8, 4) is 0 Å². The molecule has 1 heterocycles. The molecule has 0 bridgehead atoms. The van der Waals surface area contributed by atoms with Crippen LogP contribution in [0.3, 0.4) is 0 Å². The zero-order chi connectivity index (χ0) is 22.5. The van der Waals surface area contributed by atoms with E-state index in [9.17, 15) is 9.59 Å². The van der Waals surface area contributed by atoms with Crippen molar-refractivity contribution >= 4 is 29.3 Å². The molecule has 31 heavy (non-hydrogen) atoms. The summed E-state index contributed by atoms with van der Waals surface area (Å²) in [5.74, 6) is -0.500. The SMILES string of the molecule is CC1=C(C)SC(NC(=O)c2ccccc2NC(=O)CCOCCOCCOCCO)N1. The van der Waals surface area contributed by atoms with E-state index in [-0.39, 0.29) is 36.9 Å². The molecular formula is C21H31N3O6S. The number of para-hydroxylation sites is 1. The van der Waals surface area contributed by atoms with E-state index >= 15 is 0 Å². The Hall–Kier alpha value is -2.11. The Morgan fingerprint density at radius 2 is 1.68 bits per heavy atom. The summed E-state index contributed by atoms with van der Waals surface area (Å²) in [5.41, 5.74) is 1.67. The number of hydrogen-bond donors (Lipinski definition) is 4. The third kappa shape index (κ3) is 9.28. The molecule has 10 heteroatoms. The van der Waals surface area contributed by atoms with Crippen molar-refractivity contribution < 1.29 is 28.9 Å². The van der Waals surface area contributed by atoms with E-state index in [0.717, 1.165) is 10.6 Å². The predicted octanol–water partition coefficient (Wildman–Crippen LogP) is 1.66. The number of thioether (sulfide) groups is 1. The number of carbonyl (C=O) groups excluding carboxylic acids is 2. The summed E-state index contributed by atoms with van der Waals surface area (Å²) in [7, 11) is 0. The number of aliphatic hydroxyl groups is 1. The van der Waals surface area contributed by atoms with Gasteiger partial charge in [-0.05, 0) is 26.0 Å². The molecule has 0 aromatic heterocycles. The van der Waals surface area contributed by atoms with Gasteiger partial charge in [0.25, 0.3) is 5.91 Å². The first-order valence-electron chi connectivity index (χ1n) is 10.2. The third-order valence-corrected chi connectivity index (χ3v) is 5.46. The first-order chi connectivity index (χ1) is 15.0. The van der Waals surface area contributed by atoms with Crippen LogP contribution in [0.5, 0.6) is 0 Å². The highest BCUT2D eigenvalue weighted by Crippen LogP contribution is 2.28. The Morgan fingerprint density at radius 3 is 2.32 bits per heavy atom. The normalized spacial score (nSPS) is 15.6. The van der Waals surface area contributed by atoms with E-state index in [4.69, 9.17) is 19.3 Å². The molecule has 2 amide bonds. The lowest BCUT2D eigenvalue weighted by Gasteiger charge is -2.16. The minimum absolute atomic E-state index is 0.00596. The standard InChI is InChI=1S/C21H31N3O6S/c1-15-16(2)31-21(22-15)24-20(27)17-5-3-4-6-18(17)23-19(26)7-9-28-11-13-30-14-12-29-10-8-25/h3-6,21-22,25H,7-14H2,1-2H3,(H,23,26)(H,24,27). The van der Waals surface area contributed by atoms with Gasteiger partial charge in [0.2, 0.25) is 5.91 Å². The summed E-state index contributed by atoms with van der Waals surface area (Å²) in [6.07, 6.45) is 0.165. The molecule has 0 radical (unpaired) electrons. The average molecular weight is 454 g/mol. The predicted molar refractivity (Wildman–Crippen MR) is 120 cm³/mol. The first-order valence-corrected chi connectivity index (χ1v) is 11.0. The molecule has 1 aromatic rings. The highest BCUT2D eigenvalue weighted by atomic mass is 32.2. The van der Waals surface area contributed by atoms with Gasteiger partial charge in [-0.25, -0.2) is 0 Å². The topological polar surface area (TPSA) is 118 Å². The molecule has 0 saturated carbocycles. The van der Waals surface area contributed by atoms with E-state index in [1.54, 1.807) is 36.0 Å². The number of ether oxygens (including phenoxy) is 3. The minimum Gasteiger partial charge on any atom is -0.394 e. The van der Waals surface area contributed by atoms with Crippen LogP contribution in [-0.4, -0.2) is 68.7 Å². The molecule has 1 atom stereocenters. The number of rotatable bonds is 14. The lowest BCUT2D eigenvalue weighted by Crippen LogP contribution is -2.40. The van der Waals surface area contributed by atoms with Crippen molar-refractivity contribution in [3.63, 3.8) is 0 Å². The van der Waals surface area contributed by atoms with Crippen molar-refractivity contribution in [3.05, 3.63) is 40.4 Å². The summed E-state index contributed by atoms with van der Waals surface area (Å²) in [6.45, 7) is 6.10. The van der Waals surface area contributed by atoms with Crippen LogP contribution in [0.2, 0.25) is 0 Å².